The monoisotopic (exact) mass is 314 g/mol. The smallest absolute Gasteiger partial charge is 0.416 e. The van der Waals surface area contributed by atoms with Crippen molar-refractivity contribution in [1.82, 2.24) is 0 Å². The number of aryl methyl sites for hydroxylation is 1. The molecule has 0 N–H and O–H groups in total. The zero-order chi connectivity index (χ0) is 16.8. The van der Waals surface area contributed by atoms with Gasteiger partial charge in [0, 0.05) is 0 Å². The van der Waals surface area contributed by atoms with Crippen LogP contribution in [0.4, 0.5) is 13.2 Å². The van der Waals surface area contributed by atoms with Crippen molar-refractivity contribution in [2.24, 2.45) is 5.41 Å². The van der Waals surface area contributed by atoms with E-state index in [2.05, 4.69) is 0 Å². The molecular formula is C17H21F3O2. The first-order valence-corrected chi connectivity index (χ1v) is 7.44. The minimum Gasteiger partial charge on any atom is -0.454 e. The number of fused-ring (bicyclic) bond motifs is 1. The quantitative estimate of drug-likeness (QED) is 0.746. The lowest BCUT2D eigenvalue weighted by atomic mass is 9.89. The fourth-order valence-electron chi connectivity index (χ4n) is 2.59. The van der Waals surface area contributed by atoms with E-state index in [9.17, 15) is 18.0 Å². The molecule has 1 aliphatic rings. The van der Waals surface area contributed by atoms with Gasteiger partial charge in [0.1, 0.15) is 5.60 Å². The van der Waals surface area contributed by atoms with Crippen LogP contribution in [0.5, 0.6) is 0 Å². The second-order valence-electron chi connectivity index (χ2n) is 6.73. The summed E-state index contributed by atoms with van der Waals surface area (Å²) >= 11 is 0. The summed E-state index contributed by atoms with van der Waals surface area (Å²) in [5, 5.41) is 0. The third kappa shape index (κ3) is 2.99. The summed E-state index contributed by atoms with van der Waals surface area (Å²) in [7, 11) is 0. The molecule has 0 radical (unpaired) electrons. The Morgan fingerprint density at radius 2 is 1.95 bits per heavy atom. The van der Waals surface area contributed by atoms with Crippen molar-refractivity contribution in [1.29, 1.82) is 0 Å². The molecule has 1 unspecified atom stereocenters. The Hall–Kier alpha value is -1.52. The van der Waals surface area contributed by atoms with Crippen molar-refractivity contribution >= 4 is 5.97 Å². The Bertz CT molecular complexity index is 590. The maximum atomic E-state index is 12.8. The normalized spacial score (nSPS) is 21.6. The highest BCUT2D eigenvalue weighted by Crippen LogP contribution is 2.43. The van der Waals surface area contributed by atoms with Crippen molar-refractivity contribution in [3.63, 3.8) is 0 Å². The molecule has 1 atom stereocenters. The van der Waals surface area contributed by atoms with Gasteiger partial charge < -0.3 is 4.74 Å². The van der Waals surface area contributed by atoms with Gasteiger partial charge in [-0.1, -0.05) is 13.0 Å². The molecule has 0 aliphatic heterocycles. The Labute approximate surface area is 128 Å². The average Bonchev–Trinajstić information content (AvgIpc) is 2.75. The van der Waals surface area contributed by atoms with E-state index >= 15 is 0 Å². The Kier molecular flexibility index (Phi) is 4.05. The number of hydrogen-bond donors (Lipinski definition) is 0. The molecule has 0 aromatic heterocycles. The minimum absolute atomic E-state index is 0.315. The van der Waals surface area contributed by atoms with Crippen molar-refractivity contribution in [3.8, 4) is 0 Å². The lowest BCUT2D eigenvalue weighted by Gasteiger charge is -2.31. The van der Waals surface area contributed by atoms with Crippen molar-refractivity contribution in [3.05, 3.63) is 34.9 Å². The number of carbonyl (C=O) groups is 1. The molecule has 0 spiro atoms. The summed E-state index contributed by atoms with van der Waals surface area (Å²) in [6.07, 6.45) is -2.72. The lowest BCUT2D eigenvalue weighted by Crippen LogP contribution is -2.34. The Balaban J connectivity index is 2.30. The summed E-state index contributed by atoms with van der Waals surface area (Å²) in [6.45, 7) is 7.29. The second kappa shape index (κ2) is 5.28. The molecule has 2 rings (SSSR count). The number of alkyl halides is 3. The van der Waals surface area contributed by atoms with Crippen LogP contribution in [0.3, 0.4) is 0 Å². The molecule has 5 heteroatoms. The van der Waals surface area contributed by atoms with Crippen LogP contribution in [0, 0.1) is 5.41 Å². The first kappa shape index (κ1) is 16.8. The van der Waals surface area contributed by atoms with E-state index in [1.165, 1.54) is 12.1 Å². The van der Waals surface area contributed by atoms with Crippen molar-refractivity contribution in [2.75, 3.05) is 0 Å². The van der Waals surface area contributed by atoms with Gasteiger partial charge in [0.05, 0.1) is 11.0 Å². The molecule has 0 saturated heterocycles. The predicted octanol–water partition coefficient (Wildman–Crippen LogP) is 4.85. The number of ether oxygens (including phenoxy) is 1. The molecule has 0 fully saturated rings. The van der Waals surface area contributed by atoms with Crippen molar-refractivity contribution < 1.29 is 22.7 Å². The van der Waals surface area contributed by atoms with Gasteiger partial charge in [0.2, 0.25) is 0 Å². The summed E-state index contributed by atoms with van der Waals surface area (Å²) in [5.74, 6) is -0.315. The third-order valence-corrected chi connectivity index (χ3v) is 4.63. The van der Waals surface area contributed by atoms with Gasteiger partial charge in [0.15, 0.2) is 0 Å². The number of hydrogen-bond acceptors (Lipinski definition) is 2. The van der Waals surface area contributed by atoms with E-state index in [0.29, 0.717) is 30.4 Å². The highest BCUT2D eigenvalue weighted by atomic mass is 19.4. The molecule has 1 aliphatic carbocycles. The fourth-order valence-corrected chi connectivity index (χ4v) is 2.59. The van der Waals surface area contributed by atoms with Crippen LogP contribution in [0.2, 0.25) is 0 Å². The minimum atomic E-state index is -4.35. The van der Waals surface area contributed by atoms with Crippen molar-refractivity contribution in [2.45, 2.75) is 58.7 Å². The Morgan fingerprint density at radius 3 is 2.50 bits per heavy atom. The van der Waals surface area contributed by atoms with Crippen LogP contribution in [-0.2, 0) is 27.7 Å². The van der Waals surface area contributed by atoms with Gasteiger partial charge >= 0.3 is 12.1 Å². The van der Waals surface area contributed by atoms with Crippen LogP contribution in [0.15, 0.2) is 18.2 Å². The SMILES string of the molecule is CCC(C)(C)C(=O)OC1(C)CCc2cc(C(F)(F)F)ccc21. The van der Waals surface area contributed by atoms with E-state index in [0.717, 1.165) is 6.07 Å². The Morgan fingerprint density at radius 1 is 1.32 bits per heavy atom. The maximum Gasteiger partial charge on any atom is 0.416 e. The standard InChI is InChI=1S/C17H21F3O2/c1-5-15(2,3)14(21)22-16(4)9-8-11-10-12(17(18,19)20)6-7-13(11)16/h6-7,10H,5,8-9H2,1-4H3. The highest BCUT2D eigenvalue weighted by Gasteiger charge is 2.42. The van der Waals surface area contributed by atoms with Crippen LogP contribution < -0.4 is 0 Å². The molecular weight excluding hydrogens is 293 g/mol. The van der Waals surface area contributed by atoms with E-state index in [1.807, 2.05) is 6.92 Å². The zero-order valence-electron chi connectivity index (χ0n) is 13.3. The number of esters is 1. The first-order chi connectivity index (χ1) is 9.99. The predicted molar refractivity (Wildman–Crippen MR) is 77.3 cm³/mol. The van der Waals surface area contributed by atoms with Gasteiger partial charge in [-0.3, -0.25) is 4.79 Å². The van der Waals surface area contributed by atoms with Gasteiger partial charge in [-0.15, -0.1) is 0 Å². The fraction of sp³-hybridized carbons (Fsp3) is 0.588. The molecule has 1 aromatic carbocycles. The van der Waals surface area contributed by atoms with E-state index in [1.54, 1.807) is 20.8 Å². The van der Waals surface area contributed by atoms with Crippen LogP contribution >= 0.6 is 0 Å². The average molecular weight is 314 g/mol. The summed E-state index contributed by atoms with van der Waals surface area (Å²) in [5.41, 5.74) is -0.809. The van der Waals surface area contributed by atoms with E-state index in [4.69, 9.17) is 4.74 Å². The largest absolute Gasteiger partial charge is 0.454 e. The van der Waals surface area contributed by atoms with Gasteiger partial charge in [-0.25, -0.2) is 0 Å². The van der Waals surface area contributed by atoms with E-state index < -0.39 is 22.8 Å². The van der Waals surface area contributed by atoms with Gasteiger partial charge in [-0.05, 0) is 63.3 Å². The topological polar surface area (TPSA) is 26.3 Å². The van der Waals surface area contributed by atoms with Gasteiger partial charge in [-0.2, -0.15) is 13.2 Å². The lowest BCUT2D eigenvalue weighted by molar-refractivity contribution is -0.170. The van der Waals surface area contributed by atoms with Gasteiger partial charge in [0.25, 0.3) is 0 Å². The summed E-state index contributed by atoms with van der Waals surface area (Å²) in [6, 6.07) is 3.66. The molecule has 0 amide bonds. The van der Waals surface area contributed by atoms with E-state index in [-0.39, 0.29) is 5.97 Å². The number of rotatable bonds is 3. The van der Waals surface area contributed by atoms with Crippen LogP contribution in [0.25, 0.3) is 0 Å². The highest BCUT2D eigenvalue weighted by molar-refractivity contribution is 5.76. The summed E-state index contributed by atoms with van der Waals surface area (Å²) in [4.78, 5) is 12.3. The van der Waals surface area contributed by atoms with Crippen LogP contribution in [0.1, 0.15) is 57.2 Å². The number of benzene rings is 1. The molecule has 122 valence electrons. The zero-order valence-corrected chi connectivity index (χ0v) is 13.3. The summed E-state index contributed by atoms with van der Waals surface area (Å²) < 4.78 is 44.0. The van der Waals surface area contributed by atoms with Crippen LogP contribution in [-0.4, -0.2) is 5.97 Å². The maximum absolute atomic E-state index is 12.8. The molecule has 0 heterocycles. The number of halogens is 3. The molecule has 2 nitrogen and oxygen atoms in total. The molecule has 1 aromatic rings. The molecule has 22 heavy (non-hydrogen) atoms. The molecule has 0 saturated carbocycles. The third-order valence-electron chi connectivity index (χ3n) is 4.63. The second-order valence-corrected chi connectivity index (χ2v) is 6.73. The first-order valence-electron chi connectivity index (χ1n) is 7.44. The number of carbonyl (C=O) groups excluding carboxylic acids is 1. The molecule has 0 bridgehead atoms.